The van der Waals surface area contributed by atoms with E-state index in [-0.39, 0.29) is 4.90 Å². The fourth-order valence-corrected chi connectivity index (χ4v) is 2.50. The molecule has 6 nitrogen and oxygen atoms in total. The van der Waals surface area contributed by atoms with Crippen LogP contribution in [0.3, 0.4) is 0 Å². The highest BCUT2D eigenvalue weighted by atomic mass is 32.2. The van der Waals surface area contributed by atoms with Crippen molar-refractivity contribution < 1.29 is 8.42 Å². The SMILES string of the molecule is CN=C(NCc1ccccc1)NCc1ccc(S(N)(=O)=O)cc1. The molecule has 2 aromatic rings. The lowest BCUT2D eigenvalue weighted by Gasteiger charge is -2.12. The first kappa shape index (κ1) is 17.0. The highest BCUT2D eigenvalue weighted by molar-refractivity contribution is 7.89. The summed E-state index contributed by atoms with van der Waals surface area (Å²) in [5.41, 5.74) is 2.09. The lowest BCUT2D eigenvalue weighted by molar-refractivity contribution is 0.597. The van der Waals surface area contributed by atoms with Crippen molar-refractivity contribution in [3.05, 3.63) is 65.7 Å². The maximum absolute atomic E-state index is 11.2. The van der Waals surface area contributed by atoms with Crippen LogP contribution in [0.15, 0.2) is 64.5 Å². The van der Waals surface area contributed by atoms with Gasteiger partial charge in [-0.1, -0.05) is 42.5 Å². The van der Waals surface area contributed by atoms with Crippen LogP contribution < -0.4 is 15.8 Å². The average molecular weight is 332 g/mol. The van der Waals surface area contributed by atoms with E-state index >= 15 is 0 Å². The van der Waals surface area contributed by atoms with E-state index in [2.05, 4.69) is 15.6 Å². The van der Waals surface area contributed by atoms with Crippen LogP contribution in [0.4, 0.5) is 0 Å². The molecule has 0 aliphatic carbocycles. The highest BCUT2D eigenvalue weighted by Gasteiger charge is 2.06. The Bertz CT molecular complexity index is 756. The topological polar surface area (TPSA) is 96.6 Å². The number of hydrogen-bond donors (Lipinski definition) is 3. The van der Waals surface area contributed by atoms with Crippen molar-refractivity contribution >= 4 is 16.0 Å². The van der Waals surface area contributed by atoms with Gasteiger partial charge in [0.1, 0.15) is 0 Å². The summed E-state index contributed by atoms with van der Waals surface area (Å²) in [6.07, 6.45) is 0. The molecule has 2 rings (SSSR count). The molecular weight excluding hydrogens is 312 g/mol. The number of primary sulfonamides is 1. The van der Waals surface area contributed by atoms with E-state index in [9.17, 15) is 8.42 Å². The molecule has 4 N–H and O–H groups in total. The van der Waals surface area contributed by atoms with Crippen LogP contribution in [-0.4, -0.2) is 21.4 Å². The summed E-state index contributed by atoms with van der Waals surface area (Å²) in [4.78, 5) is 4.26. The smallest absolute Gasteiger partial charge is 0.238 e. The van der Waals surface area contributed by atoms with Gasteiger partial charge in [-0.2, -0.15) is 0 Å². The molecule has 122 valence electrons. The molecule has 0 aliphatic rings. The van der Waals surface area contributed by atoms with Gasteiger partial charge in [-0.05, 0) is 23.3 Å². The van der Waals surface area contributed by atoms with Gasteiger partial charge in [-0.3, -0.25) is 4.99 Å². The van der Waals surface area contributed by atoms with Crippen LogP contribution in [0.2, 0.25) is 0 Å². The van der Waals surface area contributed by atoms with Gasteiger partial charge < -0.3 is 10.6 Å². The van der Waals surface area contributed by atoms with Gasteiger partial charge in [0.2, 0.25) is 10.0 Å². The molecule has 0 aliphatic heterocycles. The standard InChI is InChI=1S/C16H20N4O2S/c1-18-16(19-11-13-5-3-2-4-6-13)20-12-14-7-9-15(10-8-14)23(17,21)22/h2-10H,11-12H2,1H3,(H2,17,21,22)(H2,18,19,20). The summed E-state index contributed by atoms with van der Waals surface area (Å²) in [5, 5.41) is 11.5. The quantitative estimate of drug-likeness (QED) is 0.566. The fourth-order valence-electron chi connectivity index (χ4n) is 1.99. The van der Waals surface area contributed by atoms with E-state index in [4.69, 9.17) is 5.14 Å². The van der Waals surface area contributed by atoms with Crippen molar-refractivity contribution in [2.24, 2.45) is 10.1 Å². The van der Waals surface area contributed by atoms with Crippen molar-refractivity contribution in [2.45, 2.75) is 18.0 Å². The second kappa shape index (κ2) is 7.75. The molecule has 0 saturated carbocycles. The van der Waals surface area contributed by atoms with E-state index in [0.29, 0.717) is 19.0 Å². The third-order valence-electron chi connectivity index (χ3n) is 3.24. The molecule has 7 heteroatoms. The Morgan fingerprint density at radius 2 is 1.48 bits per heavy atom. The Morgan fingerprint density at radius 1 is 0.957 bits per heavy atom. The largest absolute Gasteiger partial charge is 0.352 e. The molecule has 0 bridgehead atoms. The number of sulfonamides is 1. The van der Waals surface area contributed by atoms with E-state index in [1.165, 1.54) is 12.1 Å². The van der Waals surface area contributed by atoms with Crippen LogP contribution in [0.1, 0.15) is 11.1 Å². The second-order valence-corrected chi connectivity index (χ2v) is 6.52. The lowest BCUT2D eigenvalue weighted by atomic mass is 10.2. The zero-order chi connectivity index (χ0) is 16.7. The summed E-state index contributed by atoms with van der Waals surface area (Å²) in [6, 6.07) is 16.4. The van der Waals surface area contributed by atoms with Crippen LogP contribution in [0, 0.1) is 0 Å². The molecule has 0 radical (unpaired) electrons. The van der Waals surface area contributed by atoms with Gasteiger partial charge in [-0.15, -0.1) is 0 Å². The van der Waals surface area contributed by atoms with Crippen molar-refractivity contribution in [3.8, 4) is 0 Å². The van der Waals surface area contributed by atoms with Crippen molar-refractivity contribution in [1.82, 2.24) is 10.6 Å². The van der Waals surface area contributed by atoms with Crippen LogP contribution in [0.5, 0.6) is 0 Å². The van der Waals surface area contributed by atoms with Crippen LogP contribution >= 0.6 is 0 Å². The van der Waals surface area contributed by atoms with Crippen LogP contribution in [0.25, 0.3) is 0 Å². The summed E-state index contributed by atoms with van der Waals surface area (Å²) in [6.45, 7) is 1.20. The van der Waals surface area contributed by atoms with Crippen LogP contribution in [-0.2, 0) is 23.1 Å². The average Bonchev–Trinajstić information content (AvgIpc) is 2.55. The van der Waals surface area contributed by atoms with Gasteiger partial charge in [0, 0.05) is 20.1 Å². The minimum absolute atomic E-state index is 0.104. The third-order valence-corrected chi connectivity index (χ3v) is 4.17. The third kappa shape index (κ3) is 5.39. The summed E-state index contributed by atoms with van der Waals surface area (Å²) in [5.74, 6) is 0.671. The van der Waals surface area contributed by atoms with Gasteiger partial charge in [-0.25, -0.2) is 13.6 Å². The number of benzene rings is 2. The Morgan fingerprint density at radius 3 is 1.96 bits per heavy atom. The number of aliphatic imine (C=N–C) groups is 1. The summed E-state index contributed by atoms with van der Waals surface area (Å²) in [7, 11) is -1.95. The first-order chi connectivity index (χ1) is 11.0. The lowest BCUT2D eigenvalue weighted by Crippen LogP contribution is -2.36. The fraction of sp³-hybridized carbons (Fsp3) is 0.188. The summed E-state index contributed by atoms with van der Waals surface area (Å²) < 4.78 is 22.4. The number of hydrogen-bond acceptors (Lipinski definition) is 3. The maximum Gasteiger partial charge on any atom is 0.238 e. The van der Waals surface area contributed by atoms with Gasteiger partial charge in [0.25, 0.3) is 0 Å². The Hall–Kier alpha value is -2.38. The molecule has 0 saturated heterocycles. The zero-order valence-electron chi connectivity index (χ0n) is 12.9. The summed E-state index contributed by atoms with van der Waals surface area (Å²) >= 11 is 0. The monoisotopic (exact) mass is 332 g/mol. The molecule has 0 aromatic heterocycles. The van der Waals surface area contributed by atoms with Gasteiger partial charge in [0.15, 0.2) is 5.96 Å². The van der Waals surface area contributed by atoms with Gasteiger partial charge >= 0.3 is 0 Å². The predicted octanol–water partition coefficient (Wildman–Crippen LogP) is 1.20. The Balaban J connectivity index is 1.88. The molecule has 0 atom stereocenters. The van der Waals surface area contributed by atoms with Gasteiger partial charge in [0.05, 0.1) is 4.90 Å². The first-order valence-electron chi connectivity index (χ1n) is 7.09. The normalized spacial score (nSPS) is 12.0. The number of nitrogens with zero attached hydrogens (tertiary/aromatic N) is 1. The molecule has 0 fully saturated rings. The number of nitrogens with one attached hydrogen (secondary N) is 2. The number of nitrogens with two attached hydrogens (primary N) is 1. The first-order valence-corrected chi connectivity index (χ1v) is 8.64. The molecular formula is C16H20N4O2S. The van der Waals surface area contributed by atoms with E-state index in [1.807, 2.05) is 30.3 Å². The minimum Gasteiger partial charge on any atom is -0.352 e. The molecule has 23 heavy (non-hydrogen) atoms. The minimum atomic E-state index is -3.65. The molecule has 0 spiro atoms. The van der Waals surface area contributed by atoms with E-state index in [0.717, 1.165) is 11.1 Å². The maximum atomic E-state index is 11.2. The molecule has 2 aromatic carbocycles. The predicted molar refractivity (Wildman–Crippen MR) is 91.3 cm³/mol. The Kier molecular flexibility index (Phi) is 5.72. The van der Waals surface area contributed by atoms with E-state index < -0.39 is 10.0 Å². The number of rotatable bonds is 5. The number of guanidine groups is 1. The molecule has 0 amide bonds. The zero-order valence-corrected chi connectivity index (χ0v) is 13.7. The second-order valence-electron chi connectivity index (χ2n) is 4.95. The van der Waals surface area contributed by atoms with E-state index in [1.54, 1.807) is 19.2 Å². The Labute approximate surface area is 136 Å². The van der Waals surface area contributed by atoms with Crippen molar-refractivity contribution in [3.63, 3.8) is 0 Å². The highest BCUT2D eigenvalue weighted by Crippen LogP contribution is 2.08. The van der Waals surface area contributed by atoms with Crippen molar-refractivity contribution in [2.75, 3.05) is 7.05 Å². The molecule has 0 unspecified atom stereocenters. The van der Waals surface area contributed by atoms with Crippen molar-refractivity contribution in [1.29, 1.82) is 0 Å². The molecule has 0 heterocycles.